The van der Waals surface area contributed by atoms with Crippen molar-refractivity contribution in [3.8, 4) is 11.4 Å². The molecule has 1 heterocycles. The smallest absolute Gasteiger partial charge is 0.381 e. The Bertz CT molecular complexity index is 1030. The van der Waals surface area contributed by atoms with Gasteiger partial charge < -0.3 is 9.94 Å². The van der Waals surface area contributed by atoms with E-state index in [1.165, 1.54) is 10.8 Å². The average molecular weight is 459 g/mol. The Balaban J connectivity index is 2.00. The van der Waals surface area contributed by atoms with Crippen molar-refractivity contribution in [2.45, 2.75) is 37.7 Å². The van der Waals surface area contributed by atoms with E-state index in [1.807, 2.05) is 13.8 Å². The highest BCUT2D eigenvalue weighted by molar-refractivity contribution is 5.48. The van der Waals surface area contributed by atoms with Crippen molar-refractivity contribution in [2.75, 3.05) is 5.48 Å². The molecular formula is C21H19F6N3O2. The molecule has 32 heavy (non-hydrogen) atoms. The minimum atomic E-state index is -5.96. The zero-order valence-electron chi connectivity index (χ0n) is 16.9. The number of aromatic nitrogens is 2. The summed E-state index contributed by atoms with van der Waals surface area (Å²) >= 11 is 0. The van der Waals surface area contributed by atoms with Crippen LogP contribution in [0.25, 0.3) is 5.69 Å². The molecule has 0 amide bonds. The molecule has 0 unspecified atom stereocenters. The number of halogens is 6. The number of rotatable bonds is 6. The molecule has 11 heteroatoms. The molecule has 3 aromatic rings. The predicted octanol–water partition coefficient (Wildman–Crippen LogP) is 5.71. The van der Waals surface area contributed by atoms with E-state index in [1.54, 1.807) is 30.3 Å². The van der Waals surface area contributed by atoms with Crippen molar-refractivity contribution in [1.82, 2.24) is 9.55 Å². The van der Waals surface area contributed by atoms with Gasteiger partial charge in [0.15, 0.2) is 11.6 Å². The quantitative estimate of drug-likeness (QED) is 0.366. The van der Waals surface area contributed by atoms with Crippen molar-refractivity contribution in [3.63, 3.8) is 0 Å². The van der Waals surface area contributed by atoms with Gasteiger partial charge in [0, 0.05) is 17.2 Å². The molecule has 1 aromatic heterocycles. The van der Waals surface area contributed by atoms with Crippen molar-refractivity contribution < 1.29 is 36.3 Å². The van der Waals surface area contributed by atoms with E-state index in [2.05, 4.69) is 10.5 Å². The molecule has 0 saturated carbocycles. The fourth-order valence-corrected chi connectivity index (χ4v) is 3.06. The molecule has 0 radical (unpaired) electrons. The van der Waals surface area contributed by atoms with Crippen LogP contribution in [0.1, 0.15) is 31.2 Å². The Morgan fingerprint density at radius 1 is 0.906 bits per heavy atom. The van der Waals surface area contributed by atoms with Gasteiger partial charge in [0.1, 0.15) is 5.82 Å². The second-order valence-electron chi connectivity index (χ2n) is 7.26. The number of nitrogens with zero attached hydrogens (tertiary/aromatic N) is 2. The Labute approximate surface area is 179 Å². The van der Waals surface area contributed by atoms with Crippen molar-refractivity contribution in [3.05, 3.63) is 72.2 Å². The lowest BCUT2D eigenvalue weighted by Crippen LogP contribution is -2.53. The molecular weight excluding hydrogens is 440 g/mol. The van der Waals surface area contributed by atoms with Gasteiger partial charge in [-0.1, -0.05) is 44.2 Å². The number of imidazole rings is 1. The maximum absolute atomic E-state index is 13.1. The number of alkyl halides is 6. The molecule has 0 aliphatic carbocycles. The van der Waals surface area contributed by atoms with Crippen LogP contribution in [0, 0.1) is 0 Å². The fraction of sp³-hybridized carbons (Fsp3) is 0.286. The van der Waals surface area contributed by atoms with E-state index in [4.69, 9.17) is 4.84 Å². The van der Waals surface area contributed by atoms with Crippen LogP contribution in [0.3, 0.4) is 0 Å². The first kappa shape index (κ1) is 23.5. The van der Waals surface area contributed by atoms with Gasteiger partial charge in [-0.3, -0.25) is 4.57 Å². The average Bonchev–Trinajstić information content (AvgIpc) is 3.15. The molecule has 0 bridgehead atoms. The van der Waals surface area contributed by atoms with Gasteiger partial charge in [-0.15, -0.1) is 0 Å². The lowest BCUT2D eigenvalue weighted by Gasteiger charge is -2.32. The van der Waals surface area contributed by atoms with Crippen LogP contribution in [0.15, 0.2) is 60.8 Å². The van der Waals surface area contributed by atoms with E-state index in [0.717, 1.165) is 12.1 Å². The maximum Gasteiger partial charge on any atom is 0.430 e. The lowest BCUT2D eigenvalue weighted by atomic mass is 9.92. The second kappa shape index (κ2) is 8.38. The Hall–Kier alpha value is -3.21. The zero-order valence-corrected chi connectivity index (χ0v) is 16.9. The third-order valence-electron chi connectivity index (χ3n) is 4.69. The number of anilines is 1. The molecule has 5 nitrogen and oxygen atoms in total. The van der Waals surface area contributed by atoms with Gasteiger partial charge in [-0.25, -0.2) is 10.5 Å². The monoisotopic (exact) mass is 459 g/mol. The van der Waals surface area contributed by atoms with Gasteiger partial charge in [0.05, 0.1) is 6.20 Å². The molecule has 0 atom stereocenters. The Kier molecular flexibility index (Phi) is 6.14. The molecule has 0 aliphatic rings. The van der Waals surface area contributed by atoms with Gasteiger partial charge in [-0.05, 0) is 24.3 Å². The fourth-order valence-electron chi connectivity index (χ4n) is 3.06. The third kappa shape index (κ3) is 4.24. The zero-order chi connectivity index (χ0) is 23.7. The summed E-state index contributed by atoms with van der Waals surface area (Å²) in [7, 11) is 0. The summed E-state index contributed by atoms with van der Waals surface area (Å²) in [6, 6.07) is 11.9. The lowest BCUT2D eigenvalue weighted by molar-refractivity contribution is -0.376. The SMILES string of the molecule is CC(C)c1ncc(NOc2ccccc2)n1-c1ccc(C(O)(C(F)(F)F)C(F)(F)F)cc1. The van der Waals surface area contributed by atoms with Gasteiger partial charge in [-0.2, -0.15) is 26.3 Å². The van der Waals surface area contributed by atoms with Crippen LogP contribution in [-0.4, -0.2) is 27.0 Å². The minimum absolute atomic E-state index is 0.135. The number of aliphatic hydroxyl groups is 1. The summed E-state index contributed by atoms with van der Waals surface area (Å²) in [6.07, 6.45) is -10.5. The van der Waals surface area contributed by atoms with Crippen LogP contribution in [0.2, 0.25) is 0 Å². The maximum atomic E-state index is 13.1. The van der Waals surface area contributed by atoms with Gasteiger partial charge in [0.2, 0.25) is 0 Å². The molecule has 172 valence electrons. The van der Waals surface area contributed by atoms with E-state index in [-0.39, 0.29) is 11.6 Å². The molecule has 0 spiro atoms. The Morgan fingerprint density at radius 3 is 1.97 bits per heavy atom. The highest BCUT2D eigenvalue weighted by Crippen LogP contribution is 2.50. The van der Waals surface area contributed by atoms with Crippen LogP contribution in [0.4, 0.5) is 32.2 Å². The standard InChI is InChI=1S/C21H19F6N3O2/c1-13(2)18-28-12-17(29-32-16-6-4-3-5-7-16)30(18)15-10-8-14(9-11-15)19(31,20(22,23)24)21(25,26)27/h3-13,29,31H,1-2H3. The normalized spacial score (nSPS) is 12.8. The first-order valence-corrected chi connectivity index (χ1v) is 9.38. The molecule has 2 N–H and O–H groups in total. The number of benzene rings is 2. The van der Waals surface area contributed by atoms with Crippen molar-refractivity contribution >= 4 is 5.82 Å². The summed E-state index contributed by atoms with van der Waals surface area (Å²) in [5.41, 5.74) is -3.43. The third-order valence-corrected chi connectivity index (χ3v) is 4.69. The topological polar surface area (TPSA) is 59.3 Å². The second-order valence-corrected chi connectivity index (χ2v) is 7.26. The highest BCUT2D eigenvalue weighted by Gasteiger charge is 2.71. The highest BCUT2D eigenvalue weighted by atomic mass is 19.4. The first-order chi connectivity index (χ1) is 14.9. The largest absolute Gasteiger partial charge is 0.430 e. The summed E-state index contributed by atoms with van der Waals surface area (Å²) in [4.78, 5) is 9.73. The molecule has 0 saturated heterocycles. The number of para-hydroxylation sites is 1. The van der Waals surface area contributed by atoms with E-state index in [0.29, 0.717) is 29.5 Å². The van der Waals surface area contributed by atoms with Crippen molar-refractivity contribution in [2.24, 2.45) is 0 Å². The first-order valence-electron chi connectivity index (χ1n) is 9.38. The van der Waals surface area contributed by atoms with Crippen LogP contribution in [0.5, 0.6) is 5.75 Å². The number of hydrogen-bond donors (Lipinski definition) is 2. The van der Waals surface area contributed by atoms with Crippen LogP contribution in [-0.2, 0) is 5.60 Å². The van der Waals surface area contributed by atoms with Gasteiger partial charge >= 0.3 is 12.4 Å². The summed E-state index contributed by atoms with van der Waals surface area (Å²) in [6.45, 7) is 3.64. The predicted molar refractivity (Wildman–Crippen MR) is 104 cm³/mol. The Morgan fingerprint density at radius 2 is 1.47 bits per heavy atom. The van der Waals surface area contributed by atoms with E-state index in [9.17, 15) is 31.4 Å². The number of hydrogen-bond acceptors (Lipinski definition) is 4. The summed E-state index contributed by atoms with van der Waals surface area (Å²) in [5.74, 6) is 1.12. The summed E-state index contributed by atoms with van der Waals surface area (Å²) in [5, 5.41) is 9.58. The van der Waals surface area contributed by atoms with Crippen LogP contribution < -0.4 is 10.3 Å². The molecule has 2 aromatic carbocycles. The van der Waals surface area contributed by atoms with Crippen molar-refractivity contribution in [1.29, 1.82) is 0 Å². The number of nitrogens with one attached hydrogen (secondary N) is 1. The minimum Gasteiger partial charge on any atom is -0.381 e. The molecule has 0 aliphatic heterocycles. The van der Waals surface area contributed by atoms with E-state index >= 15 is 0 Å². The van der Waals surface area contributed by atoms with E-state index < -0.39 is 23.5 Å². The molecule has 3 rings (SSSR count). The van der Waals surface area contributed by atoms with Crippen LogP contribution >= 0.6 is 0 Å². The molecule has 0 fully saturated rings. The van der Waals surface area contributed by atoms with Gasteiger partial charge in [0.25, 0.3) is 5.60 Å². The summed E-state index contributed by atoms with van der Waals surface area (Å²) < 4.78 is 80.4.